The summed E-state index contributed by atoms with van der Waals surface area (Å²) in [6, 6.07) is 1.91. The van der Waals surface area contributed by atoms with Gasteiger partial charge in [0.05, 0.1) is 18.0 Å². The molecule has 0 saturated carbocycles. The number of carbonyl (C=O) groups excluding carboxylic acids is 1. The maximum atomic E-state index is 12.0. The van der Waals surface area contributed by atoms with E-state index in [4.69, 9.17) is 0 Å². The monoisotopic (exact) mass is 312 g/mol. The number of aromatic nitrogens is 7. The molecule has 23 heavy (non-hydrogen) atoms. The van der Waals surface area contributed by atoms with Gasteiger partial charge in [-0.3, -0.25) is 9.48 Å². The smallest absolute Gasteiger partial charge is 0.247 e. The second kappa shape index (κ2) is 5.95. The van der Waals surface area contributed by atoms with E-state index in [1.54, 1.807) is 19.4 Å². The van der Waals surface area contributed by atoms with E-state index in [-0.39, 0.29) is 12.5 Å². The Morgan fingerprint density at radius 2 is 1.91 bits per heavy atom. The van der Waals surface area contributed by atoms with Crippen molar-refractivity contribution in [3.8, 4) is 11.4 Å². The molecule has 0 aliphatic carbocycles. The van der Waals surface area contributed by atoms with Crippen molar-refractivity contribution in [3.63, 3.8) is 0 Å². The number of hydrogen-bond donors (Lipinski definition) is 1. The second-order valence-electron chi connectivity index (χ2n) is 5.17. The molecule has 0 radical (unpaired) electrons. The lowest BCUT2D eigenvalue weighted by Gasteiger charge is -2.02. The standard InChI is InChI=1S/C14H16N8O/c1-9-4-10(2)18-14(17-9)11-5-16-22(7-11)8-13(23)19-12-6-15-21(3)20-12/h4-7H,8H2,1-3H3,(H,19,20,23). The van der Waals surface area contributed by atoms with Crippen LogP contribution in [0.1, 0.15) is 11.4 Å². The summed E-state index contributed by atoms with van der Waals surface area (Å²) in [5, 5.41) is 14.7. The minimum absolute atomic E-state index is 0.0708. The van der Waals surface area contributed by atoms with Crippen LogP contribution in [-0.2, 0) is 18.4 Å². The van der Waals surface area contributed by atoms with Gasteiger partial charge in [-0.15, -0.1) is 5.10 Å². The van der Waals surface area contributed by atoms with E-state index in [9.17, 15) is 4.79 Å². The second-order valence-corrected chi connectivity index (χ2v) is 5.17. The molecule has 9 nitrogen and oxygen atoms in total. The molecule has 0 aliphatic rings. The van der Waals surface area contributed by atoms with Gasteiger partial charge in [0.1, 0.15) is 6.54 Å². The molecular weight excluding hydrogens is 296 g/mol. The van der Waals surface area contributed by atoms with Crippen molar-refractivity contribution in [2.45, 2.75) is 20.4 Å². The molecule has 0 saturated heterocycles. The van der Waals surface area contributed by atoms with Gasteiger partial charge in [0, 0.05) is 24.6 Å². The molecule has 118 valence electrons. The Kier molecular flexibility index (Phi) is 3.83. The van der Waals surface area contributed by atoms with Crippen LogP contribution in [0.5, 0.6) is 0 Å². The minimum Gasteiger partial charge on any atom is -0.306 e. The third-order valence-corrected chi connectivity index (χ3v) is 3.05. The Hall–Kier alpha value is -3.10. The van der Waals surface area contributed by atoms with Crippen LogP contribution in [0.4, 0.5) is 5.82 Å². The van der Waals surface area contributed by atoms with Gasteiger partial charge in [0.25, 0.3) is 0 Å². The van der Waals surface area contributed by atoms with Crippen LogP contribution in [0.2, 0.25) is 0 Å². The molecule has 0 aliphatic heterocycles. The maximum Gasteiger partial charge on any atom is 0.247 e. The van der Waals surface area contributed by atoms with Crippen LogP contribution in [0.25, 0.3) is 11.4 Å². The van der Waals surface area contributed by atoms with Gasteiger partial charge >= 0.3 is 0 Å². The van der Waals surface area contributed by atoms with Crippen molar-refractivity contribution in [2.24, 2.45) is 7.05 Å². The van der Waals surface area contributed by atoms with E-state index in [0.717, 1.165) is 17.0 Å². The number of aryl methyl sites for hydroxylation is 3. The summed E-state index contributed by atoms with van der Waals surface area (Å²) in [6.07, 6.45) is 4.87. The Morgan fingerprint density at radius 1 is 1.17 bits per heavy atom. The van der Waals surface area contributed by atoms with Crippen molar-refractivity contribution < 1.29 is 4.79 Å². The molecule has 0 unspecified atom stereocenters. The molecule has 0 bridgehead atoms. The van der Waals surface area contributed by atoms with Gasteiger partial charge in [0.2, 0.25) is 5.91 Å². The average Bonchev–Trinajstić information content (AvgIpc) is 3.07. The molecular formula is C14H16N8O. The lowest BCUT2D eigenvalue weighted by molar-refractivity contribution is -0.116. The van der Waals surface area contributed by atoms with Gasteiger partial charge in [-0.25, -0.2) is 9.97 Å². The summed E-state index contributed by atoms with van der Waals surface area (Å²) < 4.78 is 1.53. The van der Waals surface area contributed by atoms with E-state index in [1.165, 1.54) is 15.7 Å². The summed E-state index contributed by atoms with van der Waals surface area (Å²) in [7, 11) is 1.68. The molecule has 0 atom stereocenters. The van der Waals surface area contributed by atoms with E-state index < -0.39 is 0 Å². The van der Waals surface area contributed by atoms with Crippen LogP contribution >= 0.6 is 0 Å². The van der Waals surface area contributed by atoms with E-state index in [2.05, 4.69) is 30.6 Å². The number of hydrogen-bond acceptors (Lipinski definition) is 6. The minimum atomic E-state index is -0.235. The molecule has 3 aromatic heterocycles. The van der Waals surface area contributed by atoms with Crippen molar-refractivity contribution in [2.75, 3.05) is 5.32 Å². The number of amides is 1. The highest BCUT2D eigenvalue weighted by Crippen LogP contribution is 2.14. The third kappa shape index (κ3) is 3.57. The first-order valence-electron chi connectivity index (χ1n) is 7.01. The van der Waals surface area contributed by atoms with Gasteiger partial charge < -0.3 is 5.32 Å². The number of nitrogens with one attached hydrogen (secondary N) is 1. The molecule has 3 rings (SSSR count). The van der Waals surface area contributed by atoms with E-state index in [0.29, 0.717) is 11.6 Å². The van der Waals surface area contributed by atoms with Crippen LogP contribution in [0.3, 0.4) is 0 Å². The molecule has 9 heteroatoms. The molecule has 0 aromatic carbocycles. The maximum absolute atomic E-state index is 12.0. The molecule has 3 aromatic rings. The van der Waals surface area contributed by atoms with E-state index >= 15 is 0 Å². The number of rotatable bonds is 4. The molecule has 3 heterocycles. The number of carbonyl (C=O) groups is 1. The van der Waals surface area contributed by atoms with Gasteiger partial charge in [-0.1, -0.05) is 0 Å². The zero-order valence-corrected chi connectivity index (χ0v) is 13.1. The quantitative estimate of drug-likeness (QED) is 0.761. The first-order valence-corrected chi connectivity index (χ1v) is 7.01. The predicted molar refractivity (Wildman–Crippen MR) is 82.4 cm³/mol. The first-order chi connectivity index (χ1) is 11.0. The summed E-state index contributed by atoms with van der Waals surface area (Å²) in [5.74, 6) is 0.770. The van der Waals surface area contributed by atoms with Crippen molar-refractivity contribution in [1.82, 2.24) is 34.7 Å². The predicted octanol–water partition coefficient (Wildman–Crippen LogP) is 0.724. The molecule has 0 spiro atoms. The van der Waals surface area contributed by atoms with Crippen LogP contribution < -0.4 is 5.32 Å². The first kappa shape index (κ1) is 14.8. The molecule has 1 amide bonds. The fourth-order valence-corrected chi connectivity index (χ4v) is 2.15. The van der Waals surface area contributed by atoms with Crippen molar-refractivity contribution in [3.05, 3.63) is 36.0 Å². The number of nitrogens with zero attached hydrogens (tertiary/aromatic N) is 7. The van der Waals surface area contributed by atoms with Crippen molar-refractivity contribution >= 4 is 11.7 Å². The SMILES string of the molecule is Cc1cc(C)nc(-c2cnn(CC(=O)Nc3cnn(C)n3)c2)n1. The third-order valence-electron chi connectivity index (χ3n) is 3.05. The molecule has 1 N–H and O–H groups in total. The van der Waals surface area contributed by atoms with Crippen LogP contribution in [0, 0.1) is 13.8 Å². The fraction of sp³-hybridized carbons (Fsp3) is 0.286. The Bertz CT molecular complexity index is 830. The van der Waals surface area contributed by atoms with Crippen LogP contribution in [-0.4, -0.2) is 40.6 Å². The Labute approximate surface area is 132 Å². The van der Waals surface area contributed by atoms with Gasteiger partial charge in [0.15, 0.2) is 11.6 Å². The zero-order valence-electron chi connectivity index (χ0n) is 13.1. The van der Waals surface area contributed by atoms with Crippen LogP contribution in [0.15, 0.2) is 24.7 Å². The lowest BCUT2D eigenvalue weighted by atomic mass is 10.3. The van der Waals surface area contributed by atoms with E-state index in [1.807, 2.05) is 19.9 Å². The molecule has 0 fully saturated rings. The zero-order chi connectivity index (χ0) is 16.4. The summed E-state index contributed by atoms with van der Waals surface area (Å²) in [4.78, 5) is 22.1. The summed E-state index contributed by atoms with van der Waals surface area (Å²) in [5.41, 5.74) is 2.55. The average molecular weight is 312 g/mol. The summed E-state index contributed by atoms with van der Waals surface area (Å²) >= 11 is 0. The highest BCUT2D eigenvalue weighted by atomic mass is 16.2. The topological polar surface area (TPSA) is 103 Å². The number of anilines is 1. The fourth-order valence-electron chi connectivity index (χ4n) is 2.15. The lowest BCUT2D eigenvalue weighted by Crippen LogP contribution is -2.19. The largest absolute Gasteiger partial charge is 0.306 e. The van der Waals surface area contributed by atoms with Crippen molar-refractivity contribution in [1.29, 1.82) is 0 Å². The van der Waals surface area contributed by atoms with Gasteiger partial charge in [-0.05, 0) is 19.9 Å². The Morgan fingerprint density at radius 3 is 2.57 bits per heavy atom. The van der Waals surface area contributed by atoms with Gasteiger partial charge in [-0.2, -0.15) is 15.0 Å². The highest BCUT2D eigenvalue weighted by Gasteiger charge is 2.10. The Balaban J connectivity index is 1.70. The normalized spacial score (nSPS) is 10.7. The highest BCUT2D eigenvalue weighted by molar-refractivity contribution is 5.89. The summed E-state index contributed by atoms with van der Waals surface area (Å²) in [6.45, 7) is 3.90.